The Labute approximate surface area is 457 Å². The first kappa shape index (κ1) is 57.1. The van der Waals surface area contributed by atoms with Gasteiger partial charge in [0.25, 0.3) is 0 Å². The number of aliphatic hydroxyl groups is 1. The molecule has 10 atom stereocenters. The highest BCUT2D eigenvalue weighted by Crippen LogP contribution is 2.69. The Balaban J connectivity index is 0.596. The fraction of sp³-hybridized carbons (Fsp3) is 0.600. The number of ketones is 2. The second-order valence-electron chi connectivity index (χ2n) is 21.9. The van der Waals surface area contributed by atoms with E-state index in [-0.39, 0.29) is 98.6 Å². The maximum absolute atomic E-state index is 14.7. The van der Waals surface area contributed by atoms with E-state index < -0.39 is 41.2 Å². The molecule has 0 radical (unpaired) electrons. The van der Waals surface area contributed by atoms with E-state index >= 15 is 0 Å². The molecule has 0 bridgehead atoms. The van der Waals surface area contributed by atoms with Gasteiger partial charge in [-0.25, -0.2) is 0 Å². The summed E-state index contributed by atoms with van der Waals surface area (Å²) in [7, 11) is 0. The minimum Gasteiger partial charge on any atom is -0.393 e. The van der Waals surface area contributed by atoms with Crippen molar-refractivity contribution in [3.63, 3.8) is 0 Å². The highest BCUT2D eigenvalue weighted by molar-refractivity contribution is 6.01. The van der Waals surface area contributed by atoms with E-state index in [0.29, 0.717) is 85.0 Å². The number of anilines is 1. The summed E-state index contributed by atoms with van der Waals surface area (Å²) in [4.78, 5) is 82.0. The van der Waals surface area contributed by atoms with Gasteiger partial charge in [0.1, 0.15) is 12.8 Å². The van der Waals surface area contributed by atoms with Crippen LogP contribution in [0.15, 0.2) is 72.3 Å². The number of allylic oxidation sites excluding steroid dienone is 4. The smallest absolute Gasteiger partial charge is 0.244 e. The second-order valence-corrected chi connectivity index (χ2v) is 21.9. The summed E-state index contributed by atoms with van der Waals surface area (Å²) in [5.41, 5.74) is 1.89. The molecular formula is C60H76N4O14. The number of likely N-dealkylation sites (tertiary alicyclic amines) is 1. The van der Waals surface area contributed by atoms with Gasteiger partial charge in [0.05, 0.1) is 83.8 Å². The van der Waals surface area contributed by atoms with Gasteiger partial charge in [0.2, 0.25) is 23.6 Å². The fourth-order valence-corrected chi connectivity index (χ4v) is 13.3. The number of nitrogens with one attached hydrogen (secondary N) is 2. The third kappa shape index (κ3) is 12.2. The number of benzene rings is 2. The van der Waals surface area contributed by atoms with Crippen molar-refractivity contribution in [2.75, 3.05) is 84.0 Å². The largest absolute Gasteiger partial charge is 0.393 e. The molecule has 3 saturated carbocycles. The lowest BCUT2D eigenvalue weighted by atomic mass is 9.46. The van der Waals surface area contributed by atoms with E-state index in [9.17, 15) is 33.9 Å². The Hall–Kier alpha value is -5.62. The summed E-state index contributed by atoms with van der Waals surface area (Å²) in [6.45, 7) is 9.26. The Bertz CT molecular complexity index is 2660. The lowest BCUT2D eigenvalue weighted by Crippen LogP contribution is -2.64. The van der Waals surface area contributed by atoms with Crippen molar-refractivity contribution in [3.8, 4) is 11.8 Å². The Morgan fingerprint density at radius 2 is 1.51 bits per heavy atom. The van der Waals surface area contributed by atoms with Gasteiger partial charge in [-0.2, -0.15) is 0 Å². The number of hydrogen-bond donors (Lipinski definition) is 3. The topological polar surface area (TPSA) is 218 Å². The average Bonchev–Trinajstić information content (AvgIpc) is 3.07. The predicted octanol–water partition coefficient (Wildman–Crippen LogP) is 4.72. The van der Waals surface area contributed by atoms with Crippen LogP contribution in [-0.4, -0.2) is 155 Å². The van der Waals surface area contributed by atoms with E-state index in [2.05, 4.69) is 36.3 Å². The summed E-state index contributed by atoms with van der Waals surface area (Å²) in [6.07, 6.45) is 7.62. The normalized spacial score (nSPS) is 29.2. The van der Waals surface area contributed by atoms with Gasteiger partial charge in [-0.1, -0.05) is 81.0 Å². The van der Waals surface area contributed by atoms with E-state index in [1.165, 1.54) is 4.90 Å². The molecule has 18 heteroatoms. The molecule has 0 aromatic heterocycles. The zero-order valence-corrected chi connectivity index (χ0v) is 45.3. The SMILES string of the molecule is CCCC1O[C@@H]2C[C@H]3[C@@H]4CCC5=CC(=O)C=C[C@]5(C)[C@H]4[C@@H](O)C[C@]3(C)[C@]2(C(=O)COC2CCN2C(=O)CNC(=O)CCOCCOCCOCCOCCNC(=O)CCC(=O)N2Cc3ccccc3C#Cc3ccccc32)O1. The van der Waals surface area contributed by atoms with Crippen LogP contribution in [0.4, 0.5) is 5.69 Å². The van der Waals surface area contributed by atoms with Crippen molar-refractivity contribution in [2.45, 2.75) is 122 Å². The van der Waals surface area contributed by atoms with Crippen LogP contribution in [0.2, 0.25) is 0 Å². The predicted molar refractivity (Wildman–Crippen MR) is 285 cm³/mol. The van der Waals surface area contributed by atoms with Crippen molar-refractivity contribution in [2.24, 2.45) is 28.6 Å². The number of ether oxygens (including phenoxy) is 7. The van der Waals surface area contributed by atoms with E-state index in [1.807, 2.05) is 61.5 Å². The number of Topliss-reactive ketones (excluding diaryl/α,β-unsaturated/α-hetero) is 1. The minimum absolute atomic E-state index is 0.0179. The summed E-state index contributed by atoms with van der Waals surface area (Å²) in [6, 6.07) is 15.3. The lowest BCUT2D eigenvalue weighted by molar-refractivity contribution is -0.206. The molecule has 2 unspecified atom stereocenters. The lowest BCUT2D eigenvalue weighted by Gasteiger charge is -2.59. The molecule has 7 aliphatic rings. The van der Waals surface area contributed by atoms with Gasteiger partial charge in [-0.05, 0) is 79.9 Å². The van der Waals surface area contributed by atoms with Gasteiger partial charge >= 0.3 is 0 Å². The molecule has 4 aliphatic carbocycles. The number of rotatable bonds is 26. The van der Waals surface area contributed by atoms with Crippen LogP contribution in [0.25, 0.3) is 0 Å². The standard InChI is InChI=1S/C60H76N4O14/c1-4-9-56-77-50-35-46-45-17-16-43-34-44(65)20-23-58(43,2)57(45)48(66)36-59(46,3)60(50,78-56)49(67)39-76-55-21-25-63(55)54(71)37-62-52(69)22-26-72-28-30-74-32-33-75-31-29-73-27-24-61-51(68)18-19-53(70)64-38-42-12-6-5-10-40(42)14-15-41-11-7-8-13-47(41)64/h5-8,10-13,20,23,34,45-46,48,50,55-57,66H,4,9,16-19,21-22,24-33,35-39H2,1-3H3,(H,61,68)(H,62,69)/t45-,46-,48-,50+,55?,56?,57+,58-,59-,60+/m0/s1. The van der Waals surface area contributed by atoms with Crippen LogP contribution in [0.1, 0.15) is 102 Å². The summed E-state index contributed by atoms with van der Waals surface area (Å²) in [5, 5.41) is 17.5. The van der Waals surface area contributed by atoms with Crippen LogP contribution in [0.5, 0.6) is 0 Å². The number of hydrogen-bond acceptors (Lipinski definition) is 14. The molecule has 4 amide bonds. The van der Waals surface area contributed by atoms with E-state index in [0.717, 1.165) is 47.2 Å². The number of aliphatic hydroxyl groups excluding tert-OH is 1. The Morgan fingerprint density at radius 1 is 0.821 bits per heavy atom. The minimum atomic E-state index is -1.32. The number of fused-ring (bicyclic) bond motifs is 9. The molecule has 2 aromatic carbocycles. The average molecular weight is 1080 g/mol. The fourth-order valence-electron chi connectivity index (χ4n) is 13.3. The molecule has 9 rings (SSSR count). The maximum Gasteiger partial charge on any atom is 0.244 e. The quantitative estimate of drug-likeness (QED) is 0.0859. The summed E-state index contributed by atoms with van der Waals surface area (Å²) in [5.74, 6) is 5.12. The van der Waals surface area contributed by atoms with Gasteiger partial charge in [-0.15, -0.1) is 0 Å². The molecule has 420 valence electrons. The number of amides is 4. The number of nitrogens with zero attached hydrogens (tertiary/aromatic N) is 2. The first-order valence-corrected chi connectivity index (χ1v) is 28.0. The van der Waals surface area contributed by atoms with Gasteiger partial charge in [0.15, 0.2) is 23.5 Å². The summed E-state index contributed by atoms with van der Waals surface area (Å²) < 4.78 is 41.7. The highest BCUT2D eigenvalue weighted by atomic mass is 16.7. The van der Waals surface area contributed by atoms with Crippen molar-refractivity contribution >= 4 is 40.9 Å². The van der Waals surface area contributed by atoms with Crippen LogP contribution >= 0.6 is 0 Å². The molecule has 5 fully saturated rings. The van der Waals surface area contributed by atoms with E-state index in [4.69, 9.17) is 33.2 Å². The first-order chi connectivity index (χ1) is 37.8. The highest BCUT2D eigenvalue weighted by Gasteiger charge is 2.76. The molecule has 3 aliphatic heterocycles. The van der Waals surface area contributed by atoms with Crippen LogP contribution in [0, 0.1) is 40.4 Å². The molecule has 3 heterocycles. The Kier molecular flexibility index (Phi) is 18.8. The van der Waals surface area contributed by atoms with Crippen LogP contribution < -0.4 is 15.5 Å². The monoisotopic (exact) mass is 1080 g/mol. The molecule has 2 aromatic rings. The van der Waals surface area contributed by atoms with Crippen molar-refractivity contribution in [1.29, 1.82) is 0 Å². The second kappa shape index (κ2) is 25.7. The van der Waals surface area contributed by atoms with Crippen molar-refractivity contribution in [1.82, 2.24) is 15.5 Å². The zero-order chi connectivity index (χ0) is 54.9. The molecular weight excluding hydrogens is 1000 g/mol. The van der Waals surface area contributed by atoms with Gasteiger partial charge in [0, 0.05) is 66.6 Å². The molecule has 0 spiro atoms. The molecule has 18 nitrogen and oxygen atoms in total. The molecule has 78 heavy (non-hydrogen) atoms. The maximum atomic E-state index is 14.7. The van der Waals surface area contributed by atoms with E-state index in [1.54, 1.807) is 17.1 Å². The van der Waals surface area contributed by atoms with Crippen LogP contribution in [-0.2, 0) is 68.5 Å². The van der Waals surface area contributed by atoms with Crippen LogP contribution in [0.3, 0.4) is 0 Å². The summed E-state index contributed by atoms with van der Waals surface area (Å²) >= 11 is 0. The first-order valence-electron chi connectivity index (χ1n) is 28.0. The number of carbonyl (C=O) groups is 6. The zero-order valence-electron chi connectivity index (χ0n) is 45.3. The molecule has 2 saturated heterocycles. The van der Waals surface area contributed by atoms with Gasteiger partial charge in [-0.3, -0.25) is 28.8 Å². The van der Waals surface area contributed by atoms with Gasteiger partial charge < -0.3 is 58.7 Å². The third-order valence-corrected chi connectivity index (χ3v) is 17.3. The number of para-hydroxylation sites is 1. The van der Waals surface area contributed by atoms with Crippen molar-refractivity contribution in [3.05, 3.63) is 89.0 Å². The number of carbonyl (C=O) groups excluding carboxylic acids is 6. The third-order valence-electron chi connectivity index (χ3n) is 17.3. The van der Waals surface area contributed by atoms with Crippen molar-refractivity contribution < 1.29 is 67.0 Å². The Morgan fingerprint density at radius 3 is 2.26 bits per heavy atom. The molecule has 3 N–H and O–H groups in total.